The first-order chi connectivity index (χ1) is 12.7. The average molecular weight is 343 g/mol. The summed E-state index contributed by atoms with van der Waals surface area (Å²) < 4.78 is 0. The molecule has 1 amide bonds. The standard InChI is InChI=1S/C21H17N3O2/c25-21(19-10-18(12-22-13-19)15-4-2-1-3-5-15)24-9-8-16-11-20(23-26)7-6-17(16)14-24/h1-7,10-13H,8-9,14H2. The molecule has 1 aromatic heterocycles. The minimum Gasteiger partial charge on any atom is -0.334 e. The number of nitroso groups, excluding NO2 is 1. The van der Waals surface area contributed by atoms with Crippen LogP contribution in [0.5, 0.6) is 0 Å². The second-order valence-corrected chi connectivity index (χ2v) is 6.35. The van der Waals surface area contributed by atoms with Gasteiger partial charge in [0.1, 0.15) is 5.69 Å². The number of hydrogen-bond acceptors (Lipinski definition) is 4. The summed E-state index contributed by atoms with van der Waals surface area (Å²) in [6.45, 7) is 1.15. The number of amides is 1. The van der Waals surface area contributed by atoms with Gasteiger partial charge in [0.05, 0.1) is 5.56 Å². The monoisotopic (exact) mass is 343 g/mol. The molecule has 0 unspecified atom stereocenters. The van der Waals surface area contributed by atoms with E-state index in [-0.39, 0.29) is 5.91 Å². The van der Waals surface area contributed by atoms with Gasteiger partial charge in [0.15, 0.2) is 0 Å². The van der Waals surface area contributed by atoms with Crippen LogP contribution >= 0.6 is 0 Å². The molecule has 0 N–H and O–H groups in total. The zero-order valence-corrected chi connectivity index (χ0v) is 14.1. The van der Waals surface area contributed by atoms with E-state index in [9.17, 15) is 9.70 Å². The highest BCUT2D eigenvalue weighted by molar-refractivity contribution is 5.95. The summed E-state index contributed by atoms with van der Waals surface area (Å²) in [5.41, 5.74) is 5.12. The lowest BCUT2D eigenvalue weighted by Gasteiger charge is -2.29. The Morgan fingerprint density at radius 3 is 2.62 bits per heavy atom. The number of aromatic nitrogens is 1. The van der Waals surface area contributed by atoms with Crippen molar-refractivity contribution >= 4 is 11.6 Å². The maximum Gasteiger partial charge on any atom is 0.255 e. The number of fused-ring (bicyclic) bond motifs is 1. The van der Waals surface area contributed by atoms with Gasteiger partial charge in [-0.05, 0) is 46.5 Å². The normalized spacial score (nSPS) is 13.2. The van der Waals surface area contributed by atoms with E-state index >= 15 is 0 Å². The third kappa shape index (κ3) is 3.11. The Labute approximate surface area is 151 Å². The van der Waals surface area contributed by atoms with Crippen molar-refractivity contribution < 1.29 is 4.79 Å². The van der Waals surface area contributed by atoms with E-state index in [1.807, 2.05) is 53.4 Å². The lowest BCUT2D eigenvalue weighted by Crippen LogP contribution is -2.36. The predicted octanol–water partition coefficient (Wildman–Crippen LogP) is 4.35. The topological polar surface area (TPSA) is 62.6 Å². The van der Waals surface area contributed by atoms with Crippen molar-refractivity contribution in [1.82, 2.24) is 9.88 Å². The molecule has 1 aliphatic rings. The molecule has 0 fully saturated rings. The molecule has 5 nitrogen and oxygen atoms in total. The molecule has 2 heterocycles. The number of pyridine rings is 1. The van der Waals surface area contributed by atoms with Crippen LogP contribution in [-0.4, -0.2) is 22.3 Å². The summed E-state index contributed by atoms with van der Waals surface area (Å²) >= 11 is 0. The summed E-state index contributed by atoms with van der Waals surface area (Å²) in [6.07, 6.45) is 4.10. The highest BCUT2D eigenvalue weighted by atomic mass is 16.3. The Bertz CT molecular complexity index is 970. The van der Waals surface area contributed by atoms with Crippen molar-refractivity contribution in [3.63, 3.8) is 0 Å². The Morgan fingerprint density at radius 1 is 0.962 bits per heavy atom. The Balaban J connectivity index is 1.57. The smallest absolute Gasteiger partial charge is 0.255 e. The number of hydrogen-bond donors (Lipinski definition) is 0. The second kappa shape index (κ2) is 6.88. The molecular formula is C21H17N3O2. The molecule has 4 rings (SSSR count). The van der Waals surface area contributed by atoms with Crippen LogP contribution in [0.15, 0.2) is 72.2 Å². The van der Waals surface area contributed by atoms with Crippen molar-refractivity contribution in [1.29, 1.82) is 0 Å². The van der Waals surface area contributed by atoms with Gasteiger partial charge in [0.2, 0.25) is 0 Å². The molecule has 2 aromatic carbocycles. The number of rotatable bonds is 3. The molecule has 0 spiro atoms. The van der Waals surface area contributed by atoms with Crippen LogP contribution in [0.25, 0.3) is 11.1 Å². The lowest BCUT2D eigenvalue weighted by atomic mass is 9.98. The number of nitrogens with zero attached hydrogens (tertiary/aromatic N) is 3. The maximum absolute atomic E-state index is 12.9. The van der Waals surface area contributed by atoms with Crippen LogP contribution in [0.2, 0.25) is 0 Å². The fourth-order valence-corrected chi connectivity index (χ4v) is 3.30. The van der Waals surface area contributed by atoms with Crippen LogP contribution in [0.4, 0.5) is 5.69 Å². The van der Waals surface area contributed by atoms with E-state index in [1.54, 1.807) is 18.5 Å². The third-order valence-electron chi connectivity index (χ3n) is 4.69. The lowest BCUT2D eigenvalue weighted by molar-refractivity contribution is 0.0734. The Hall–Kier alpha value is -3.34. The van der Waals surface area contributed by atoms with E-state index in [1.165, 1.54) is 0 Å². The zero-order valence-electron chi connectivity index (χ0n) is 14.1. The van der Waals surface area contributed by atoms with Crippen LogP contribution < -0.4 is 0 Å². The van der Waals surface area contributed by atoms with Crippen molar-refractivity contribution in [3.05, 3.63) is 88.6 Å². The molecule has 26 heavy (non-hydrogen) atoms. The first kappa shape index (κ1) is 16.1. The van der Waals surface area contributed by atoms with Gasteiger partial charge < -0.3 is 4.90 Å². The van der Waals surface area contributed by atoms with Crippen molar-refractivity contribution in [2.45, 2.75) is 13.0 Å². The SMILES string of the molecule is O=Nc1ccc2c(c1)CCN(C(=O)c1cncc(-c3ccccc3)c1)C2. The van der Waals surface area contributed by atoms with E-state index in [0.29, 0.717) is 24.3 Å². The van der Waals surface area contributed by atoms with Crippen LogP contribution in [0.1, 0.15) is 21.5 Å². The minimum atomic E-state index is -0.0291. The summed E-state index contributed by atoms with van der Waals surface area (Å²) in [7, 11) is 0. The molecule has 0 atom stereocenters. The van der Waals surface area contributed by atoms with Crippen molar-refractivity contribution in [3.8, 4) is 11.1 Å². The van der Waals surface area contributed by atoms with Gasteiger partial charge in [-0.2, -0.15) is 0 Å². The van der Waals surface area contributed by atoms with Gasteiger partial charge >= 0.3 is 0 Å². The van der Waals surface area contributed by atoms with Gasteiger partial charge in [-0.15, -0.1) is 4.91 Å². The molecule has 0 aliphatic carbocycles. The Morgan fingerprint density at radius 2 is 1.81 bits per heavy atom. The van der Waals surface area contributed by atoms with E-state index in [4.69, 9.17) is 0 Å². The fraction of sp³-hybridized carbons (Fsp3) is 0.143. The second-order valence-electron chi connectivity index (χ2n) is 6.35. The third-order valence-corrected chi connectivity index (χ3v) is 4.69. The summed E-state index contributed by atoms with van der Waals surface area (Å²) in [5.74, 6) is -0.0291. The number of carbonyl (C=O) groups excluding carboxylic acids is 1. The molecule has 0 radical (unpaired) electrons. The summed E-state index contributed by atoms with van der Waals surface area (Å²) in [5, 5.41) is 2.98. The van der Waals surface area contributed by atoms with Crippen molar-refractivity contribution in [2.24, 2.45) is 5.18 Å². The van der Waals surface area contributed by atoms with E-state index in [0.717, 1.165) is 28.7 Å². The van der Waals surface area contributed by atoms with Gasteiger partial charge in [-0.1, -0.05) is 36.4 Å². The Kier molecular flexibility index (Phi) is 4.27. The molecule has 1 aliphatic heterocycles. The van der Waals surface area contributed by atoms with Gasteiger partial charge in [-0.3, -0.25) is 9.78 Å². The first-order valence-corrected chi connectivity index (χ1v) is 8.49. The number of carbonyl (C=O) groups is 1. The zero-order chi connectivity index (χ0) is 17.9. The van der Waals surface area contributed by atoms with Crippen LogP contribution in [0, 0.1) is 4.91 Å². The highest BCUT2D eigenvalue weighted by Crippen LogP contribution is 2.26. The van der Waals surface area contributed by atoms with E-state index < -0.39 is 0 Å². The molecule has 0 bridgehead atoms. The molecule has 5 heteroatoms. The molecule has 0 saturated carbocycles. The average Bonchev–Trinajstić information content (AvgIpc) is 2.73. The predicted molar refractivity (Wildman–Crippen MR) is 100 cm³/mol. The van der Waals surface area contributed by atoms with Gasteiger partial charge in [0.25, 0.3) is 5.91 Å². The van der Waals surface area contributed by atoms with E-state index in [2.05, 4.69) is 10.2 Å². The van der Waals surface area contributed by atoms with Crippen LogP contribution in [-0.2, 0) is 13.0 Å². The molecular weight excluding hydrogens is 326 g/mol. The fourth-order valence-electron chi connectivity index (χ4n) is 3.30. The molecule has 0 saturated heterocycles. The largest absolute Gasteiger partial charge is 0.334 e. The molecule has 128 valence electrons. The maximum atomic E-state index is 12.9. The quantitative estimate of drug-likeness (QED) is 0.664. The van der Waals surface area contributed by atoms with Gasteiger partial charge in [0, 0.05) is 31.0 Å². The highest BCUT2D eigenvalue weighted by Gasteiger charge is 2.22. The summed E-state index contributed by atoms with van der Waals surface area (Å²) in [6, 6.07) is 17.2. The van der Waals surface area contributed by atoms with Gasteiger partial charge in [-0.25, -0.2) is 0 Å². The minimum absolute atomic E-state index is 0.0291. The number of benzene rings is 2. The molecule has 3 aromatic rings. The van der Waals surface area contributed by atoms with Crippen LogP contribution in [0.3, 0.4) is 0 Å². The summed E-state index contributed by atoms with van der Waals surface area (Å²) in [4.78, 5) is 29.7. The first-order valence-electron chi connectivity index (χ1n) is 8.49. The van der Waals surface area contributed by atoms with Crippen molar-refractivity contribution in [2.75, 3.05) is 6.54 Å².